The van der Waals surface area contributed by atoms with E-state index in [0.29, 0.717) is 6.42 Å². The normalized spacial score (nSPS) is 19.4. The molecule has 4 heteroatoms. The molecular formula is C17H26F2N2. The van der Waals surface area contributed by atoms with Crippen LogP contribution < -0.4 is 5.32 Å². The second-order valence-corrected chi connectivity index (χ2v) is 6.07. The van der Waals surface area contributed by atoms with Crippen molar-refractivity contribution in [3.63, 3.8) is 0 Å². The molecule has 1 heterocycles. The summed E-state index contributed by atoms with van der Waals surface area (Å²) >= 11 is 0. The smallest absolute Gasteiger partial charge is 0.126 e. The lowest BCUT2D eigenvalue weighted by Crippen LogP contribution is -2.50. The maximum absolute atomic E-state index is 13.2. The number of halogens is 2. The largest absolute Gasteiger partial charge is 0.310 e. The lowest BCUT2D eigenvalue weighted by molar-refractivity contribution is 0.198. The average molecular weight is 296 g/mol. The van der Waals surface area contributed by atoms with Gasteiger partial charge in [-0.1, -0.05) is 13.8 Å². The first kappa shape index (κ1) is 16.4. The van der Waals surface area contributed by atoms with Gasteiger partial charge in [0.15, 0.2) is 0 Å². The molecule has 0 amide bonds. The number of hydrogen-bond acceptors (Lipinski definition) is 2. The Labute approximate surface area is 126 Å². The Hall–Kier alpha value is -1.00. The maximum Gasteiger partial charge on any atom is 0.126 e. The molecule has 2 nitrogen and oxygen atoms in total. The average Bonchev–Trinajstić information content (AvgIpc) is 2.67. The van der Waals surface area contributed by atoms with Gasteiger partial charge in [0.1, 0.15) is 11.6 Å². The van der Waals surface area contributed by atoms with Gasteiger partial charge in [0.05, 0.1) is 0 Å². The van der Waals surface area contributed by atoms with Gasteiger partial charge in [-0.3, -0.25) is 0 Å². The van der Waals surface area contributed by atoms with Crippen molar-refractivity contribution in [1.29, 1.82) is 0 Å². The number of hydrogen-bond donors (Lipinski definition) is 1. The summed E-state index contributed by atoms with van der Waals surface area (Å²) in [6.45, 7) is 8.41. The molecule has 0 bridgehead atoms. The highest BCUT2D eigenvalue weighted by atomic mass is 19.1. The maximum atomic E-state index is 13.2. The molecule has 0 atom stereocenters. The Morgan fingerprint density at radius 1 is 1.14 bits per heavy atom. The fourth-order valence-electron chi connectivity index (χ4n) is 3.18. The van der Waals surface area contributed by atoms with Crippen molar-refractivity contribution in [3.8, 4) is 0 Å². The number of nitrogens with zero attached hydrogens (tertiary/aromatic N) is 1. The van der Waals surface area contributed by atoms with E-state index in [9.17, 15) is 8.78 Å². The summed E-state index contributed by atoms with van der Waals surface area (Å²) in [7, 11) is 0. The molecule has 0 unspecified atom stereocenters. The zero-order valence-corrected chi connectivity index (χ0v) is 13.1. The Balaban J connectivity index is 1.97. The minimum atomic E-state index is -0.487. The minimum absolute atomic E-state index is 0.184. The van der Waals surface area contributed by atoms with Crippen molar-refractivity contribution >= 4 is 0 Å². The third kappa shape index (κ3) is 4.48. The van der Waals surface area contributed by atoms with Crippen LogP contribution in [0.5, 0.6) is 0 Å². The van der Waals surface area contributed by atoms with Crippen molar-refractivity contribution in [2.45, 2.75) is 45.1 Å². The van der Waals surface area contributed by atoms with E-state index in [4.69, 9.17) is 0 Å². The van der Waals surface area contributed by atoms with Gasteiger partial charge < -0.3 is 10.2 Å². The van der Waals surface area contributed by atoms with Crippen LogP contribution in [-0.4, -0.2) is 36.6 Å². The van der Waals surface area contributed by atoms with Gasteiger partial charge in [0.25, 0.3) is 0 Å². The van der Waals surface area contributed by atoms with Crippen molar-refractivity contribution in [2.24, 2.45) is 0 Å². The standard InChI is InChI=1S/C17H26F2N2/c1-3-17(4-2)13-21(8-5-7-20-17)9-6-14-10-15(18)12-16(19)11-14/h10-12,20H,3-9,13H2,1-2H3. The number of benzene rings is 1. The number of rotatable bonds is 5. The molecule has 0 radical (unpaired) electrons. The van der Waals surface area contributed by atoms with E-state index in [1.54, 1.807) is 0 Å². The van der Waals surface area contributed by atoms with Crippen LogP contribution in [0.4, 0.5) is 8.78 Å². The molecule has 118 valence electrons. The molecule has 1 fully saturated rings. The first-order valence-electron chi connectivity index (χ1n) is 7.99. The van der Waals surface area contributed by atoms with Crippen LogP contribution in [0, 0.1) is 11.6 Å². The van der Waals surface area contributed by atoms with Gasteiger partial charge in [0, 0.05) is 24.7 Å². The number of nitrogens with one attached hydrogen (secondary N) is 1. The van der Waals surface area contributed by atoms with E-state index in [2.05, 4.69) is 24.1 Å². The third-order valence-electron chi connectivity index (χ3n) is 4.67. The summed E-state index contributed by atoms with van der Waals surface area (Å²) in [5, 5.41) is 3.68. The molecule has 1 aromatic rings. The zero-order valence-electron chi connectivity index (χ0n) is 13.1. The van der Waals surface area contributed by atoms with Crippen LogP contribution in [0.3, 0.4) is 0 Å². The predicted octanol–water partition coefficient (Wildman–Crippen LogP) is 3.36. The molecule has 0 aromatic heterocycles. The second kappa shape index (κ2) is 7.32. The fraction of sp³-hybridized carbons (Fsp3) is 0.647. The summed E-state index contributed by atoms with van der Waals surface area (Å²) in [5.74, 6) is -0.974. The van der Waals surface area contributed by atoms with Crippen LogP contribution in [-0.2, 0) is 6.42 Å². The summed E-state index contributed by atoms with van der Waals surface area (Å²) in [6.07, 6.45) is 4.03. The molecule has 0 spiro atoms. The van der Waals surface area contributed by atoms with Crippen LogP contribution in [0.15, 0.2) is 18.2 Å². The minimum Gasteiger partial charge on any atom is -0.310 e. The summed E-state index contributed by atoms with van der Waals surface area (Å²) < 4.78 is 26.5. The lowest BCUT2D eigenvalue weighted by Gasteiger charge is -2.35. The summed E-state index contributed by atoms with van der Waals surface area (Å²) in [6, 6.07) is 3.80. The lowest BCUT2D eigenvalue weighted by atomic mass is 9.92. The van der Waals surface area contributed by atoms with Crippen LogP contribution in [0.25, 0.3) is 0 Å². The van der Waals surface area contributed by atoms with Crippen molar-refractivity contribution in [1.82, 2.24) is 10.2 Å². The molecule has 1 N–H and O–H groups in total. The molecule has 1 aromatic carbocycles. The highest BCUT2D eigenvalue weighted by molar-refractivity contribution is 5.18. The van der Waals surface area contributed by atoms with Crippen molar-refractivity contribution in [2.75, 3.05) is 26.2 Å². The van der Waals surface area contributed by atoms with Gasteiger partial charge in [-0.05, 0) is 56.5 Å². The van der Waals surface area contributed by atoms with Crippen molar-refractivity contribution < 1.29 is 8.78 Å². The van der Waals surface area contributed by atoms with Crippen LogP contribution >= 0.6 is 0 Å². The van der Waals surface area contributed by atoms with Crippen LogP contribution in [0.1, 0.15) is 38.7 Å². The first-order valence-corrected chi connectivity index (χ1v) is 7.99. The Bertz CT molecular complexity index is 438. The van der Waals surface area contributed by atoms with Gasteiger partial charge >= 0.3 is 0 Å². The zero-order chi connectivity index (χ0) is 15.3. The van der Waals surface area contributed by atoms with E-state index >= 15 is 0 Å². The molecule has 1 saturated heterocycles. The molecule has 0 saturated carbocycles. The topological polar surface area (TPSA) is 15.3 Å². The van der Waals surface area contributed by atoms with E-state index in [0.717, 1.165) is 57.1 Å². The molecular weight excluding hydrogens is 270 g/mol. The van der Waals surface area contributed by atoms with E-state index in [1.165, 1.54) is 12.1 Å². The van der Waals surface area contributed by atoms with Gasteiger partial charge in [-0.15, -0.1) is 0 Å². The summed E-state index contributed by atoms with van der Waals surface area (Å²) in [5.41, 5.74) is 0.923. The molecule has 1 aliphatic rings. The van der Waals surface area contributed by atoms with Gasteiger partial charge in [-0.25, -0.2) is 8.78 Å². The highest BCUT2D eigenvalue weighted by Gasteiger charge is 2.29. The Morgan fingerprint density at radius 3 is 2.43 bits per heavy atom. The Morgan fingerprint density at radius 2 is 1.81 bits per heavy atom. The van der Waals surface area contributed by atoms with E-state index in [-0.39, 0.29) is 5.54 Å². The first-order chi connectivity index (χ1) is 10.1. The second-order valence-electron chi connectivity index (χ2n) is 6.07. The quantitative estimate of drug-likeness (QED) is 0.896. The fourth-order valence-corrected chi connectivity index (χ4v) is 3.18. The van der Waals surface area contributed by atoms with E-state index in [1.807, 2.05) is 0 Å². The predicted molar refractivity (Wildman–Crippen MR) is 82.4 cm³/mol. The molecule has 21 heavy (non-hydrogen) atoms. The van der Waals surface area contributed by atoms with E-state index < -0.39 is 11.6 Å². The Kier molecular flexibility index (Phi) is 5.71. The van der Waals surface area contributed by atoms with Crippen molar-refractivity contribution in [3.05, 3.63) is 35.4 Å². The monoisotopic (exact) mass is 296 g/mol. The molecule has 1 aliphatic heterocycles. The molecule has 2 rings (SSSR count). The SMILES string of the molecule is CCC1(CC)CN(CCc2cc(F)cc(F)c2)CCCN1. The highest BCUT2D eigenvalue weighted by Crippen LogP contribution is 2.20. The molecule has 0 aliphatic carbocycles. The third-order valence-corrected chi connectivity index (χ3v) is 4.67. The summed E-state index contributed by atoms with van der Waals surface area (Å²) in [4.78, 5) is 2.43. The van der Waals surface area contributed by atoms with Gasteiger partial charge in [-0.2, -0.15) is 0 Å². The van der Waals surface area contributed by atoms with Crippen LogP contribution in [0.2, 0.25) is 0 Å². The van der Waals surface area contributed by atoms with Gasteiger partial charge in [0.2, 0.25) is 0 Å².